The van der Waals surface area contributed by atoms with Crippen LogP contribution in [-0.4, -0.2) is 66.2 Å². The summed E-state index contributed by atoms with van der Waals surface area (Å²) in [6, 6.07) is 0. The van der Waals surface area contributed by atoms with E-state index in [1.807, 2.05) is 0 Å². The van der Waals surface area contributed by atoms with Crippen LogP contribution in [0.3, 0.4) is 0 Å². The summed E-state index contributed by atoms with van der Waals surface area (Å²) in [4.78, 5) is 0. The second-order valence-electron chi connectivity index (χ2n) is 0. The van der Waals surface area contributed by atoms with Gasteiger partial charge in [0.1, 0.15) is 0 Å². The largest absolute Gasteiger partial charge is 2.00 e. The molecule has 2 radical (unpaired) electrons. The van der Waals surface area contributed by atoms with Crippen molar-refractivity contribution in [2.75, 3.05) is 0 Å². The van der Waals surface area contributed by atoms with Crippen LogP contribution in [-0.2, 0) is 50.3 Å². The molecule has 0 saturated carbocycles. The van der Waals surface area contributed by atoms with Gasteiger partial charge in [0, 0.05) is 50.3 Å². The van der Waals surface area contributed by atoms with E-state index in [1.165, 1.54) is 0 Å². The van der Waals surface area contributed by atoms with E-state index in [-0.39, 0.29) is 140 Å². The first-order chi connectivity index (χ1) is 0. The molecule has 0 aromatic rings. The van der Waals surface area contributed by atoms with Crippen LogP contribution in [0.1, 0.15) is 4.28 Å². The SMILES string of the molecule is [AlH3].[Ba+2].[Co].[H-].[H-].[H-].[Li+].[Mn].[Ni]. The van der Waals surface area contributed by atoms with Crippen LogP contribution in [0.15, 0.2) is 0 Å². The van der Waals surface area contributed by atoms with Crippen molar-refractivity contribution in [2.24, 2.45) is 0 Å². The normalized spacial score (nSPS) is 0. The van der Waals surface area contributed by atoms with Gasteiger partial charge in [-0.3, -0.25) is 0 Å². The van der Waals surface area contributed by atoms with Crippen LogP contribution in [0.4, 0.5) is 0 Å². The summed E-state index contributed by atoms with van der Waals surface area (Å²) in [6.45, 7) is 0. The fourth-order valence-corrected chi connectivity index (χ4v) is 0. The fraction of sp³-hybridized carbons (Fsp3) is 0. The number of hydrogen-bond donors (Lipinski definition) is 0. The molecule has 0 atom stereocenters. The third-order valence-corrected chi connectivity index (χ3v) is 0. The summed E-state index contributed by atoms with van der Waals surface area (Å²) >= 11 is 0. The van der Waals surface area contributed by atoms with Gasteiger partial charge in [-0.05, 0) is 0 Å². The number of hydrogen-bond acceptors (Lipinski definition) is 0. The topological polar surface area (TPSA) is 0 Å². The van der Waals surface area contributed by atoms with Crippen LogP contribution >= 0.6 is 0 Å². The van der Waals surface area contributed by atoms with Crippen LogP contribution in [0.2, 0.25) is 0 Å². The van der Waals surface area contributed by atoms with Gasteiger partial charge in [0.2, 0.25) is 0 Å². The van der Waals surface area contributed by atoms with Crippen LogP contribution in [0.25, 0.3) is 0 Å². The first-order valence-corrected chi connectivity index (χ1v) is 0. The maximum atomic E-state index is 0. The second kappa shape index (κ2) is 35.0. The first kappa shape index (κ1) is 48.8. The Morgan fingerprint density at radius 3 is 1.17 bits per heavy atom. The zero-order valence-electron chi connectivity index (χ0n) is 5.73. The molecule has 6 heteroatoms. The average molecular weight is 350 g/mol. The minimum atomic E-state index is 0. The Balaban J connectivity index is 0. The second-order valence-corrected chi connectivity index (χ2v) is 0. The van der Waals surface area contributed by atoms with E-state index >= 15 is 0 Å². The molecular formula is H6AlBaCoLiMnNi. The molecule has 0 nitrogen and oxygen atoms in total. The summed E-state index contributed by atoms with van der Waals surface area (Å²) in [7, 11) is 0. The molecular weight excluding hydrogens is 344 g/mol. The third kappa shape index (κ3) is 24.1. The van der Waals surface area contributed by atoms with E-state index in [9.17, 15) is 0 Å². The zero-order chi connectivity index (χ0) is 0. The van der Waals surface area contributed by atoms with Gasteiger partial charge in [-0.25, -0.2) is 0 Å². The van der Waals surface area contributed by atoms with E-state index in [0.717, 1.165) is 0 Å². The standard InChI is InChI=1S/Al.Ba.Co.Li.Mn.Ni.6H/q;+2;;+1;;;;;;3*-1. The Kier molecular flexibility index (Phi) is 284. The van der Waals surface area contributed by atoms with Crippen LogP contribution < -0.4 is 18.9 Å². The first-order valence-electron chi connectivity index (χ1n) is 0. The van der Waals surface area contributed by atoms with E-state index in [0.29, 0.717) is 0 Å². The van der Waals surface area contributed by atoms with E-state index in [4.69, 9.17) is 0 Å². The summed E-state index contributed by atoms with van der Waals surface area (Å²) in [5, 5.41) is 0. The van der Waals surface area contributed by atoms with Crippen molar-refractivity contribution in [1.82, 2.24) is 0 Å². The fourth-order valence-electron chi connectivity index (χ4n) is 0. The van der Waals surface area contributed by atoms with Gasteiger partial charge in [0.25, 0.3) is 0 Å². The van der Waals surface area contributed by atoms with Crippen molar-refractivity contribution in [3.8, 4) is 0 Å². The van der Waals surface area contributed by atoms with Crippen molar-refractivity contribution in [2.45, 2.75) is 0 Å². The molecule has 0 heterocycles. The Bertz CT molecular complexity index is 23.8. The summed E-state index contributed by atoms with van der Waals surface area (Å²) in [5.74, 6) is 0. The Hall–Kier alpha value is 4.22. The maximum absolute atomic E-state index is 0. The van der Waals surface area contributed by atoms with Crippen molar-refractivity contribution in [3.63, 3.8) is 0 Å². The Morgan fingerprint density at radius 1 is 1.17 bits per heavy atom. The predicted octanol–water partition coefficient (Wildman–Crippen LogP) is -4.23. The zero-order valence-corrected chi connectivity index (χ0v) is 10.4. The van der Waals surface area contributed by atoms with Crippen LogP contribution in [0.5, 0.6) is 0 Å². The molecule has 0 unspecified atom stereocenters. The molecule has 0 N–H and O–H groups in total. The van der Waals surface area contributed by atoms with Gasteiger partial charge in [0.05, 0.1) is 0 Å². The molecule has 38 valence electrons. The summed E-state index contributed by atoms with van der Waals surface area (Å²) in [5.41, 5.74) is 0. The minimum absolute atomic E-state index is 0. The van der Waals surface area contributed by atoms with E-state index < -0.39 is 0 Å². The monoisotopic (exact) mass is 350 g/mol. The van der Waals surface area contributed by atoms with Crippen molar-refractivity contribution in [1.29, 1.82) is 0 Å². The molecule has 0 saturated heterocycles. The smallest absolute Gasteiger partial charge is 1.00 e. The molecule has 0 aromatic carbocycles. The number of rotatable bonds is 0. The van der Waals surface area contributed by atoms with Gasteiger partial charge in [0.15, 0.2) is 17.4 Å². The summed E-state index contributed by atoms with van der Waals surface area (Å²) < 4.78 is 0. The van der Waals surface area contributed by atoms with Gasteiger partial charge in [-0.1, -0.05) is 0 Å². The van der Waals surface area contributed by atoms with Gasteiger partial charge in [-0.2, -0.15) is 0 Å². The molecule has 0 aromatic heterocycles. The summed E-state index contributed by atoms with van der Waals surface area (Å²) in [6.07, 6.45) is 0. The molecule has 0 spiro atoms. The average Bonchev–Trinajstić information content (AvgIpc) is 0. The van der Waals surface area contributed by atoms with E-state index in [2.05, 4.69) is 0 Å². The molecule has 0 fully saturated rings. The Labute approximate surface area is 137 Å². The van der Waals surface area contributed by atoms with Crippen LogP contribution in [0, 0.1) is 0 Å². The molecule has 0 aliphatic heterocycles. The molecule has 0 aliphatic carbocycles. The quantitative estimate of drug-likeness (QED) is 0.389. The van der Waals surface area contributed by atoms with E-state index in [1.54, 1.807) is 0 Å². The van der Waals surface area contributed by atoms with Gasteiger partial charge < -0.3 is 4.28 Å². The van der Waals surface area contributed by atoms with Crippen molar-refractivity contribution >= 4 is 66.2 Å². The minimum Gasteiger partial charge on any atom is -1.00 e. The molecule has 0 aliphatic rings. The maximum Gasteiger partial charge on any atom is 2.00 e. The molecule has 6 heavy (non-hydrogen) atoms. The molecule has 0 rings (SSSR count). The predicted molar refractivity (Wildman–Crippen MR) is 19.0 cm³/mol. The molecule has 0 bridgehead atoms. The van der Waals surface area contributed by atoms with Gasteiger partial charge >= 0.3 is 67.7 Å². The van der Waals surface area contributed by atoms with Crippen molar-refractivity contribution < 1.29 is 73.5 Å². The third-order valence-electron chi connectivity index (χ3n) is 0. The Morgan fingerprint density at radius 2 is 1.17 bits per heavy atom. The molecule has 0 amide bonds. The van der Waals surface area contributed by atoms with Gasteiger partial charge in [-0.15, -0.1) is 0 Å². The van der Waals surface area contributed by atoms with Crippen molar-refractivity contribution in [3.05, 3.63) is 0 Å².